The van der Waals surface area contributed by atoms with E-state index >= 15 is 0 Å². The molecule has 0 spiro atoms. The number of benzene rings is 2. The molecule has 3 amide bonds. The molecule has 2 N–H and O–H groups in total. The number of nitrogens with zero attached hydrogens (tertiary/aromatic N) is 1. The molecule has 0 aromatic heterocycles. The number of halogens is 1. The standard InChI is InChI=1S/C22H26ClN3O3/c1-15(21(27)25-19-5-3-4-6-20(19)29-2)16-11-13-26(14-12-16)22(28)24-18-9-7-17(23)8-10-18/h3-10,15-16H,11-14H2,1-2H3,(H,24,28)(H,25,27)/t15-/m1/s1. The lowest BCUT2D eigenvalue weighted by molar-refractivity contribution is -0.121. The number of piperidine rings is 1. The van der Waals surface area contributed by atoms with Crippen LogP contribution in [0.1, 0.15) is 19.8 Å². The van der Waals surface area contributed by atoms with Crippen molar-refractivity contribution in [1.82, 2.24) is 4.90 Å². The van der Waals surface area contributed by atoms with E-state index in [1.807, 2.05) is 31.2 Å². The Morgan fingerprint density at radius 2 is 1.72 bits per heavy atom. The van der Waals surface area contributed by atoms with Gasteiger partial charge in [0.1, 0.15) is 5.75 Å². The Kier molecular flexibility index (Phi) is 6.99. The summed E-state index contributed by atoms with van der Waals surface area (Å²) >= 11 is 5.87. The summed E-state index contributed by atoms with van der Waals surface area (Å²) < 4.78 is 5.29. The molecule has 1 aliphatic rings. The number of likely N-dealkylation sites (tertiary alicyclic amines) is 1. The van der Waals surface area contributed by atoms with Crippen LogP contribution in [0.4, 0.5) is 16.2 Å². The number of rotatable bonds is 5. The van der Waals surface area contributed by atoms with Gasteiger partial charge in [-0.15, -0.1) is 0 Å². The number of urea groups is 1. The summed E-state index contributed by atoms with van der Waals surface area (Å²) in [7, 11) is 1.58. The highest BCUT2D eigenvalue weighted by molar-refractivity contribution is 6.30. The van der Waals surface area contributed by atoms with Crippen molar-refractivity contribution >= 4 is 34.9 Å². The van der Waals surface area contributed by atoms with Gasteiger partial charge >= 0.3 is 6.03 Å². The van der Waals surface area contributed by atoms with Gasteiger partial charge < -0.3 is 20.3 Å². The van der Waals surface area contributed by atoms with Crippen molar-refractivity contribution in [1.29, 1.82) is 0 Å². The lowest BCUT2D eigenvalue weighted by Gasteiger charge is -2.34. The summed E-state index contributed by atoms with van der Waals surface area (Å²) in [6.07, 6.45) is 1.57. The van der Waals surface area contributed by atoms with Crippen LogP contribution in [0.5, 0.6) is 5.75 Å². The summed E-state index contributed by atoms with van der Waals surface area (Å²) in [6, 6.07) is 14.3. The third kappa shape index (κ3) is 5.41. The number of amides is 3. The van der Waals surface area contributed by atoms with Gasteiger partial charge in [-0.05, 0) is 55.2 Å². The number of methoxy groups -OCH3 is 1. The number of hydrogen-bond donors (Lipinski definition) is 2. The van der Waals surface area contributed by atoms with Crippen LogP contribution < -0.4 is 15.4 Å². The Morgan fingerprint density at radius 1 is 1.07 bits per heavy atom. The number of para-hydroxylation sites is 2. The fourth-order valence-electron chi connectivity index (χ4n) is 3.55. The van der Waals surface area contributed by atoms with Gasteiger partial charge in [-0.25, -0.2) is 4.79 Å². The second-order valence-corrected chi connectivity index (χ2v) is 7.68. The summed E-state index contributed by atoms with van der Waals surface area (Å²) in [5, 5.41) is 6.48. The highest BCUT2D eigenvalue weighted by Crippen LogP contribution is 2.29. The van der Waals surface area contributed by atoms with Crippen molar-refractivity contribution in [3.63, 3.8) is 0 Å². The largest absolute Gasteiger partial charge is 0.495 e. The second-order valence-electron chi connectivity index (χ2n) is 7.24. The molecule has 0 bridgehead atoms. The maximum absolute atomic E-state index is 12.7. The molecule has 1 aliphatic heterocycles. The van der Waals surface area contributed by atoms with Crippen LogP contribution in [-0.2, 0) is 4.79 Å². The molecule has 154 valence electrons. The van der Waals surface area contributed by atoms with Gasteiger partial charge in [0.15, 0.2) is 0 Å². The molecule has 2 aromatic carbocycles. The van der Waals surface area contributed by atoms with E-state index in [-0.39, 0.29) is 23.8 Å². The van der Waals surface area contributed by atoms with Crippen LogP contribution in [0.15, 0.2) is 48.5 Å². The zero-order chi connectivity index (χ0) is 20.8. The minimum atomic E-state index is -0.151. The van der Waals surface area contributed by atoms with Crippen molar-refractivity contribution in [2.24, 2.45) is 11.8 Å². The van der Waals surface area contributed by atoms with E-state index in [4.69, 9.17) is 16.3 Å². The lowest BCUT2D eigenvalue weighted by atomic mass is 9.85. The predicted octanol–water partition coefficient (Wildman–Crippen LogP) is 4.87. The average Bonchev–Trinajstić information content (AvgIpc) is 2.75. The van der Waals surface area contributed by atoms with Crippen molar-refractivity contribution < 1.29 is 14.3 Å². The maximum atomic E-state index is 12.7. The number of carbonyl (C=O) groups is 2. The van der Waals surface area contributed by atoms with E-state index in [9.17, 15) is 9.59 Å². The summed E-state index contributed by atoms with van der Waals surface area (Å²) in [5.41, 5.74) is 1.39. The molecule has 3 rings (SSSR count). The van der Waals surface area contributed by atoms with Crippen LogP contribution in [0.25, 0.3) is 0 Å². The quantitative estimate of drug-likeness (QED) is 0.732. The Bertz CT molecular complexity index is 849. The van der Waals surface area contributed by atoms with Gasteiger partial charge in [0.25, 0.3) is 0 Å². The topological polar surface area (TPSA) is 70.7 Å². The first kappa shape index (κ1) is 21.0. The Morgan fingerprint density at radius 3 is 2.38 bits per heavy atom. The van der Waals surface area contributed by atoms with Gasteiger partial charge in [0.2, 0.25) is 5.91 Å². The number of nitrogens with one attached hydrogen (secondary N) is 2. The number of hydrogen-bond acceptors (Lipinski definition) is 3. The number of carbonyl (C=O) groups excluding carboxylic acids is 2. The molecular formula is C22H26ClN3O3. The van der Waals surface area contributed by atoms with E-state index < -0.39 is 0 Å². The Balaban J connectivity index is 1.50. The normalized spacial score (nSPS) is 15.5. The van der Waals surface area contributed by atoms with E-state index in [1.54, 1.807) is 36.3 Å². The highest BCUT2D eigenvalue weighted by atomic mass is 35.5. The zero-order valence-corrected chi connectivity index (χ0v) is 17.4. The van der Waals surface area contributed by atoms with Gasteiger partial charge in [0, 0.05) is 29.7 Å². The molecule has 0 aliphatic carbocycles. The smallest absolute Gasteiger partial charge is 0.321 e. The summed E-state index contributed by atoms with van der Waals surface area (Å²) in [4.78, 5) is 26.9. The second kappa shape index (κ2) is 9.65. The van der Waals surface area contributed by atoms with Crippen molar-refractivity contribution in [2.75, 3.05) is 30.8 Å². The third-order valence-corrected chi connectivity index (χ3v) is 5.66. The summed E-state index contributed by atoms with van der Waals surface area (Å²) in [6.45, 7) is 3.19. The molecule has 7 heteroatoms. The molecule has 6 nitrogen and oxygen atoms in total. The van der Waals surface area contributed by atoms with Crippen LogP contribution in [0, 0.1) is 11.8 Å². The monoisotopic (exact) mass is 415 g/mol. The molecule has 29 heavy (non-hydrogen) atoms. The van der Waals surface area contributed by atoms with Crippen LogP contribution in [0.3, 0.4) is 0 Å². The fourth-order valence-corrected chi connectivity index (χ4v) is 3.67. The molecule has 1 heterocycles. The predicted molar refractivity (Wildman–Crippen MR) is 116 cm³/mol. The van der Waals surface area contributed by atoms with Crippen molar-refractivity contribution in [3.8, 4) is 5.75 Å². The van der Waals surface area contributed by atoms with E-state index in [2.05, 4.69) is 10.6 Å². The van der Waals surface area contributed by atoms with E-state index in [1.165, 1.54) is 0 Å². The molecular weight excluding hydrogens is 390 g/mol. The molecule has 1 saturated heterocycles. The molecule has 2 aromatic rings. The first-order valence-corrected chi connectivity index (χ1v) is 10.1. The van der Waals surface area contributed by atoms with Crippen LogP contribution in [-0.4, -0.2) is 37.0 Å². The minimum absolute atomic E-state index is 0.0291. The van der Waals surface area contributed by atoms with Crippen molar-refractivity contribution in [3.05, 3.63) is 53.6 Å². The number of anilines is 2. The third-order valence-electron chi connectivity index (χ3n) is 5.41. The lowest BCUT2D eigenvalue weighted by Crippen LogP contribution is -2.43. The first-order chi connectivity index (χ1) is 14.0. The van der Waals surface area contributed by atoms with Crippen LogP contribution in [0.2, 0.25) is 5.02 Å². The molecule has 1 atom stereocenters. The van der Waals surface area contributed by atoms with Gasteiger partial charge in [-0.3, -0.25) is 4.79 Å². The maximum Gasteiger partial charge on any atom is 0.321 e. The van der Waals surface area contributed by atoms with E-state index in [0.717, 1.165) is 12.8 Å². The molecule has 1 fully saturated rings. The Hall–Kier alpha value is -2.73. The van der Waals surface area contributed by atoms with Crippen LogP contribution >= 0.6 is 11.6 Å². The van der Waals surface area contributed by atoms with E-state index in [0.29, 0.717) is 35.2 Å². The van der Waals surface area contributed by atoms with Crippen molar-refractivity contribution in [2.45, 2.75) is 19.8 Å². The van der Waals surface area contributed by atoms with Gasteiger partial charge in [-0.1, -0.05) is 30.7 Å². The van der Waals surface area contributed by atoms with Gasteiger partial charge in [0.05, 0.1) is 12.8 Å². The van der Waals surface area contributed by atoms with Gasteiger partial charge in [-0.2, -0.15) is 0 Å². The molecule has 0 unspecified atom stereocenters. The zero-order valence-electron chi connectivity index (χ0n) is 16.7. The SMILES string of the molecule is COc1ccccc1NC(=O)[C@H](C)C1CCN(C(=O)Nc2ccc(Cl)cc2)CC1. The minimum Gasteiger partial charge on any atom is -0.495 e. The highest BCUT2D eigenvalue weighted by Gasteiger charge is 2.30. The summed E-state index contributed by atoms with van der Waals surface area (Å²) in [5.74, 6) is 0.686. The first-order valence-electron chi connectivity index (χ1n) is 9.73. The molecule has 0 radical (unpaired) electrons. The average molecular weight is 416 g/mol. The Labute approximate surface area is 176 Å². The number of ether oxygens (including phenoxy) is 1. The fraction of sp³-hybridized carbons (Fsp3) is 0.364. The molecule has 0 saturated carbocycles.